The Hall–Kier alpha value is -2.03. The van der Waals surface area contributed by atoms with Crippen LogP contribution in [-0.2, 0) is 16.6 Å². The van der Waals surface area contributed by atoms with Gasteiger partial charge in [0.1, 0.15) is 0 Å². The van der Waals surface area contributed by atoms with Gasteiger partial charge in [-0.2, -0.15) is 4.31 Å². The van der Waals surface area contributed by atoms with Crippen LogP contribution in [0.15, 0.2) is 40.2 Å². The van der Waals surface area contributed by atoms with Gasteiger partial charge in [-0.15, -0.1) is 10.2 Å². The Morgan fingerprint density at radius 1 is 1.12 bits per heavy atom. The second-order valence-corrected chi connectivity index (χ2v) is 8.44. The van der Waals surface area contributed by atoms with Gasteiger partial charge < -0.3 is 4.42 Å². The van der Waals surface area contributed by atoms with Crippen molar-refractivity contribution in [3.63, 3.8) is 0 Å². The molecule has 0 unspecified atom stereocenters. The highest BCUT2D eigenvalue weighted by molar-refractivity contribution is 7.92. The third-order valence-corrected chi connectivity index (χ3v) is 5.82. The molecule has 26 heavy (non-hydrogen) atoms. The predicted octanol–water partition coefficient (Wildman–Crippen LogP) is 2.31. The van der Waals surface area contributed by atoms with Crippen LogP contribution in [0.3, 0.4) is 0 Å². The lowest BCUT2D eigenvalue weighted by Crippen LogP contribution is -2.47. The van der Waals surface area contributed by atoms with Crippen LogP contribution in [-0.4, -0.2) is 54.0 Å². The Morgan fingerprint density at radius 3 is 2.42 bits per heavy atom. The van der Waals surface area contributed by atoms with Crippen LogP contribution in [0.4, 0.5) is 0 Å². The minimum atomic E-state index is -3.41. The summed E-state index contributed by atoms with van der Waals surface area (Å²) in [5.74, 6) is 1.41. The smallest absolute Gasteiger partial charge is 0.236 e. The van der Waals surface area contributed by atoms with Crippen molar-refractivity contribution in [2.75, 3.05) is 26.2 Å². The standard InChI is InChI=1S/C18H24N4O3S/c1-15(2)18-20-19-17(25-18)14-21-9-11-22(12-10-21)26(23,24)13-8-16-6-4-3-5-7-16/h3-8,13,15H,9-12,14H2,1-2H3/b13-8+. The van der Waals surface area contributed by atoms with Crippen molar-refractivity contribution in [3.05, 3.63) is 53.1 Å². The lowest BCUT2D eigenvalue weighted by atomic mass is 10.2. The lowest BCUT2D eigenvalue weighted by Gasteiger charge is -2.32. The van der Waals surface area contributed by atoms with E-state index in [9.17, 15) is 8.42 Å². The highest BCUT2D eigenvalue weighted by atomic mass is 32.2. The van der Waals surface area contributed by atoms with Crippen LogP contribution in [0.25, 0.3) is 6.08 Å². The summed E-state index contributed by atoms with van der Waals surface area (Å²) in [6, 6.07) is 9.42. The summed E-state index contributed by atoms with van der Waals surface area (Å²) in [4.78, 5) is 2.13. The fraction of sp³-hybridized carbons (Fsp3) is 0.444. The van der Waals surface area contributed by atoms with Gasteiger partial charge in [0.05, 0.1) is 6.54 Å². The molecule has 1 aromatic heterocycles. The Kier molecular flexibility index (Phi) is 5.85. The molecule has 0 spiro atoms. The number of aromatic nitrogens is 2. The quantitative estimate of drug-likeness (QED) is 0.770. The molecule has 0 atom stereocenters. The van der Waals surface area contributed by atoms with Crippen molar-refractivity contribution in [2.24, 2.45) is 0 Å². The molecule has 7 nitrogen and oxygen atoms in total. The molecule has 2 heterocycles. The van der Waals surface area contributed by atoms with Gasteiger partial charge in [0.2, 0.25) is 21.8 Å². The predicted molar refractivity (Wildman–Crippen MR) is 99.6 cm³/mol. The lowest BCUT2D eigenvalue weighted by molar-refractivity contribution is 0.168. The number of nitrogens with zero attached hydrogens (tertiary/aromatic N) is 4. The number of rotatable bonds is 6. The zero-order chi connectivity index (χ0) is 18.6. The number of hydrogen-bond acceptors (Lipinski definition) is 6. The van der Waals surface area contributed by atoms with Crippen molar-refractivity contribution >= 4 is 16.1 Å². The first-order chi connectivity index (χ1) is 12.4. The number of hydrogen-bond donors (Lipinski definition) is 0. The van der Waals surface area contributed by atoms with Gasteiger partial charge in [0.25, 0.3) is 0 Å². The molecule has 1 aromatic carbocycles. The van der Waals surface area contributed by atoms with Gasteiger partial charge >= 0.3 is 0 Å². The van der Waals surface area contributed by atoms with Crippen molar-refractivity contribution in [1.29, 1.82) is 0 Å². The van der Waals surface area contributed by atoms with E-state index in [-0.39, 0.29) is 5.92 Å². The average Bonchev–Trinajstić information content (AvgIpc) is 3.10. The second-order valence-electron chi connectivity index (χ2n) is 6.62. The fourth-order valence-electron chi connectivity index (χ4n) is 2.71. The third kappa shape index (κ3) is 4.78. The minimum absolute atomic E-state index is 0.203. The number of piperazine rings is 1. The first kappa shape index (κ1) is 18.8. The van der Waals surface area contributed by atoms with Gasteiger partial charge in [-0.25, -0.2) is 8.42 Å². The monoisotopic (exact) mass is 376 g/mol. The Bertz CT molecular complexity index is 838. The molecule has 1 aliphatic heterocycles. The Labute approximate surface area is 154 Å². The van der Waals surface area contributed by atoms with E-state index in [1.165, 1.54) is 9.71 Å². The van der Waals surface area contributed by atoms with Gasteiger partial charge in [-0.3, -0.25) is 4.90 Å². The van der Waals surface area contributed by atoms with Gasteiger partial charge in [0, 0.05) is 37.5 Å². The molecule has 0 N–H and O–H groups in total. The molecule has 140 valence electrons. The summed E-state index contributed by atoms with van der Waals surface area (Å²) in [7, 11) is -3.41. The van der Waals surface area contributed by atoms with E-state index >= 15 is 0 Å². The number of sulfonamides is 1. The summed E-state index contributed by atoms with van der Waals surface area (Å²) in [5, 5.41) is 9.37. The molecule has 3 rings (SSSR count). The van der Waals surface area contributed by atoms with Crippen molar-refractivity contribution in [3.8, 4) is 0 Å². The Morgan fingerprint density at radius 2 is 1.81 bits per heavy atom. The molecule has 0 saturated carbocycles. The van der Waals surface area contributed by atoms with Crippen LogP contribution >= 0.6 is 0 Å². The Balaban J connectivity index is 1.54. The maximum atomic E-state index is 12.5. The summed E-state index contributed by atoms with van der Waals surface area (Å²) < 4.78 is 32.1. The first-order valence-corrected chi connectivity index (χ1v) is 10.2. The van der Waals surface area contributed by atoms with Crippen LogP contribution in [0.1, 0.15) is 37.1 Å². The van der Waals surface area contributed by atoms with Gasteiger partial charge in [-0.05, 0) is 11.6 Å². The van der Waals surface area contributed by atoms with Gasteiger partial charge in [0.15, 0.2) is 0 Å². The van der Waals surface area contributed by atoms with E-state index < -0.39 is 10.0 Å². The van der Waals surface area contributed by atoms with E-state index in [0.29, 0.717) is 44.5 Å². The highest BCUT2D eigenvalue weighted by Crippen LogP contribution is 2.16. The zero-order valence-corrected chi connectivity index (χ0v) is 15.9. The van der Waals surface area contributed by atoms with Crippen LogP contribution in [0.2, 0.25) is 0 Å². The molecule has 0 amide bonds. The summed E-state index contributed by atoms with van der Waals surface area (Å²) in [6.45, 7) is 6.73. The fourth-order valence-corrected chi connectivity index (χ4v) is 3.89. The molecule has 2 aromatic rings. The maximum absolute atomic E-state index is 12.5. The molecule has 0 aliphatic carbocycles. The maximum Gasteiger partial charge on any atom is 0.236 e. The third-order valence-electron chi connectivity index (χ3n) is 4.26. The van der Waals surface area contributed by atoms with Crippen molar-refractivity contribution < 1.29 is 12.8 Å². The molecule has 1 saturated heterocycles. The SMILES string of the molecule is CC(C)c1nnc(CN2CCN(S(=O)(=O)/C=C/c3ccccc3)CC2)o1. The molecule has 1 fully saturated rings. The van der Waals surface area contributed by atoms with Crippen molar-refractivity contribution in [2.45, 2.75) is 26.3 Å². The van der Waals surface area contributed by atoms with E-state index in [2.05, 4.69) is 15.1 Å². The van der Waals surface area contributed by atoms with E-state index in [1.807, 2.05) is 44.2 Å². The summed E-state index contributed by atoms with van der Waals surface area (Å²) >= 11 is 0. The van der Waals surface area contributed by atoms with Crippen LogP contribution in [0, 0.1) is 0 Å². The second kappa shape index (κ2) is 8.11. The molecular weight excluding hydrogens is 352 g/mol. The number of benzene rings is 1. The summed E-state index contributed by atoms with van der Waals surface area (Å²) in [5.41, 5.74) is 0.868. The molecular formula is C18H24N4O3S. The zero-order valence-electron chi connectivity index (χ0n) is 15.1. The minimum Gasteiger partial charge on any atom is -0.424 e. The molecule has 0 radical (unpaired) electrons. The molecule has 1 aliphatic rings. The van der Waals surface area contributed by atoms with E-state index in [4.69, 9.17) is 4.42 Å². The first-order valence-electron chi connectivity index (χ1n) is 8.72. The topological polar surface area (TPSA) is 79.5 Å². The largest absolute Gasteiger partial charge is 0.424 e. The molecule has 8 heteroatoms. The van der Waals surface area contributed by atoms with Crippen LogP contribution in [0.5, 0.6) is 0 Å². The normalized spacial score (nSPS) is 17.3. The van der Waals surface area contributed by atoms with Crippen LogP contribution < -0.4 is 0 Å². The average molecular weight is 376 g/mol. The van der Waals surface area contributed by atoms with E-state index in [0.717, 1.165) is 5.56 Å². The molecule has 0 bridgehead atoms. The highest BCUT2D eigenvalue weighted by Gasteiger charge is 2.26. The summed E-state index contributed by atoms with van der Waals surface area (Å²) in [6.07, 6.45) is 1.63. The van der Waals surface area contributed by atoms with Gasteiger partial charge in [-0.1, -0.05) is 44.2 Å². The van der Waals surface area contributed by atoms with E-state index in [1.54, 1.807) is 6.08 Å². The van der Waals surface area contributed by atoms with Crippen molar-refractivity contribution in [1.82, 2.24) is 19.4 Å².